The number of fused-ring (bicyclic) bond motifs is 1. The van der Waals surface area contributed by atoms with E-state index in [0.29, 0.717) is 12.4 Å². The summed E-state index contributed by atoms with van der Waals surface area (Å²) in [6.45, 7) is 0.583. The zero-order valence-corrected chi connectivity index (χ0v) is 13.0. The van der Waals surface area contributed by atoms with Crippen LogP contribution >= 0.6 is 11.8 Å². The van der Waals surface area contributed by atoms with Gasteiger partial charge in [0.1, 0.15) is 11.1 Å². The second kappa shape index (κ2) is 6.41. The van der Waals surface area contributed by atoms with Gasteiger partial charge in [-0.15, -0.1) is 11.8 Å². The molecule has 0 radical (unpaired) electrons. The minimum atomic E-state index is -0.928. The molecule has 0 bridgehead atoms. The maximum absolute atomic E-state index is 11.9. The Bertz CT molecular complexity index is 716. The van der Waals surface area contributed by atoms with Crippen LogP contribution in [0.4, 0.5) is 0 Å². The van der Waals surface area contributed by atoms with Gasteiger partial charge in [-0.05, 0) is 30.5 Å². The van der Waals surface area contributed by atoms with Crippen LogP contribution in [0.15, 0.2) is 34.3 Å². The molecule has 8 heteroatoms. The fourth-order valence-corrected chi connectivity index (χ4v) is 3.77. The molecule has 2 unspecified atom stereocenters. The molecule has 23 heavy (non-hydrogen) atoms. The molecule has 2 aliphatic heterocycles. The predicted octanol–water partition coefficient (Wildman–Crippen LogP) is 0.644. The number of thioether (sulfide) groups is 1. The third-order valence-electron chi connectivity index (χ3n) is 3.67. The summed E-state index contributed by atoms with van der Waals surface area (Å²) in [5.74, 6) is -0.531. The highest BCUT2D eigenvalue weighted by Crippen LogP contribution is 2.29. The first-order valence-electron chi connectivity index (χ1n) is 7.20. The van der Waals surface area contributed by atoms with Crippen molar-refractivity contribution in [2.24, 2.45) is 15.7 Å². The van der Waals surface area contributed by atoms with Crippen molar-refractivity contribution in [2.45, 2.75) is 23.3 Å². The third-order valence-corrected chi connectivity index (χ3v) is 5.14. The van der Waals surface area contributed by atoms with Crippen LogP contribution in [0, 0.1) is 0 Å². The number of nitrogens with one attached hydrogen (secondary N) is 1. The number of carbonyl (C=O) groups is 2. The standard InChI is InChI=1S/C15H16N4O3S/c16-15-18-12-11(13(20)19-15)23-10(7-17-12)5-4-8-2-1-3-9(6-8)14(21)22/h1-3,6,10-11H,4-5,7H2,(H,21,22)(H3,16,17,18,19,20). The second-order valence-corrected chi connectivity index (χ2v) is 6.78. The molecule has 0 spiro atoms. The molecule has 2 atom stereocenters. The number of carboxylic acids is 1. The molecule has 0 aromatic heterocycles. The summed E-state index contributed by atoms with van der Waals surface area (Å²) in [7, 11) is 0. The third kappa shape index (κ3) is 3.53. The number of carbonyl (C=O) groups excluding carboxylic acids is 1. The number of benzene rings is 1. The van der Waals surface area contributed by atoms with Crippen molar-refractivity contribution in [1.29, 1.82) is 0 Å². The van der Waals surface area contributed by atoms with Crippen molar-refractivity contribution in [3.63, 3.8) is 0 Å². The minimum Gasteiger partial charge on any atom is -0.478 e. The number of nitrogens with two attached hydrogens (primary N) is 1. The summed E-state index contributed by atoms with van der Waals surface area (Å²) in [4.78, 5) is 31.4. The topological polar surface area (TPSA) is 117 Å². The summed E-state index contributed by atoms with van der Waals surface area (Å²) in [5.41, 5.74) is 6.78. The summed E-state index contributed by atoms with van der Waals surface area (Å²) in [6.07, 6.45) is 1.55. The van der Waals surface area contributed by atoms with Crippen molar-refractivity contribution in [2.75, 3.05) is 6.54 Å². The number of nitrogens with zero attached hydrogens (tertiary/aromatic N) is 2. The van der Waals surface area contributed by atoms with Crippen molar-refractivity contribution >= 4 is 35.4 Å². The number of carboxylic acid groups (broad SMARTS) is 1. The molecule has 4 N–H and O–H groups in total. The van der Waals surface area contributed by atoms with Crippen LogP contribution < -0.4 is 11.1 Å². The normalized spacial score (nSPS) is 23.4. The van der Waals surface area contributed by atoms with E-state index in [9.17, 15) is 9.59 Å². The highest BCUT2D eigenvalue weighted by molar-refractivity contribution is 8.02. The van der Waals surface area contributed by atoms with Crippen molar-refractivity contribution in [1.82, 2.24) is 5.32 Å². The molecule has 0 saturated carbocycles. The number of hydrogen-bond donors (Lipinski definition) is 3. The SMILES string of the molecule is NC1=NC2=NCC(CCc3cccc(C(=O)O)c3)SC2C(=O)N1. The first-order valence-corrected chi connectivity index (χ1v) is 8.14. The van der Waals surface area contributed by atoms with Gasteiger partial charge in [-0.1, -0.05) is 12.1 Å². The molecular formula is C15H16N4O3S. The van der Waals surface area contributed by atoms with E-state index < -0.39 is 11.2 Å². The highest BCUT2D eigenvalue weighted by Gasteiger charge is 2.35. The first-order chi connectivity index (χ1) is 11.0. The number of aryl methyl sites for hydroxylation is 1. The molecule has 2 heterocycles. The average molecular weight is 332 g/mol. The summed E-state index contributed by atoms with van der Waals surface area (Å²) in [6, 6.07) is 6.91. The number of aromatic carboxylic acids is 1. The maximum atomic E-state index is 11.9. The predicted molar refractivity (Wildman–Crippen MR) is 89.0 cm³/mol. The second-order valence-electron chi connectivity index (χ2n) is 5.37. The van der Waals surface area contributed by atoms with E-state index in [1.54, 1.807) is 18.2 Å². The van der Waals surface area contributed by atoms with Gasteiger partial charge in [0.05, 0.1) is 12.1 Å². The molecule has 0 saturated heterocycles. The van der Waals surface area contributed by atoms with Gasteiger partial charge in [0.25, 0.3) is 0 Å². The summed E-state index contributed by atoms with van der Waals surface area (Å²) in [5, 5.41) is 11.3. The largest absolute Gasteiger partial charge is 0.478 e. The van der Waals surface area contributed by atoms with E-state index in [0.717, 1.165) is 18.4 Å². The monoisotopic (exact) mass is 332 g/mol. The van der Waals surface area contributed by atoms with Gasteiger partial charge >= 0.3 is 5.97 Å². The van der Waals surface area contributed by atoms with Crippen LogP contribution in [0.5, 0.6) is 0 Å². The average Bonchev–Trinajstić information content (AvgIpc) is 2.53. The Morgan fingerprint density at radius 1 is 1.48 bits per heavy atom. The van der Waals surface area contributed by atoms with Crippen molar-refractivity contribution in [3.05, 3.63) is 35.4 Å². The van der Waals surface area contributed by atoms with Crippen LogP contribution in [-0.4, -0.2) is 45.8 Å². The molecule has 2 aliphatic rings. The number of rotatable bonds is 4. The van der Waals surface area contributed by atoms with Gasteiger partial charge in [-0.2, -0.15) is 4.99 Å². The van der Waals surface area contributed by atoms with Crippen molar-refractivity contribution < 1.29 is 14.7 Å². The summed E-state index contributed by atoms with van der Waals surface area (Å²) >= 11 is 1.53. The Balaban J connectivity index is 1.63. The molecule has 1 aromatic carbocycles. The number of aliphatic imine (C=N–C) groups is 2. The van der Waals surface area contributed by atoms with E-state index >= 15 is 0 Å². The van der Waals surface area contributed by atoms with Crippen LogP contribution in [0.2, 0.25) is 0 Å². The zero-order chi connectivity index (χ0) is 16.4. The molecule has 120 valence electrons. The molecule has 1 amide bonds. The number of amidine groups is 1. The van der Waals surface area contributed by atoms with E-state index in [2.05, 4.69) is 15.3 Å². The zero-order valence-electron chi connectivity index (χ0n) is 12.2. The fourth-order valence-electron chi connectivity index (χ4n) is 2.54. The van der Waals surface area contributed by atoms with Crippen LogP contribution in [-0.2, 0) is 11.2 Å². The van der Waals surface area contributed by atoms with E-state index in [1.165, 1.54) is 11.8 Å². The van der Waals surface area contributed by atoms with E-state index in [-0.39, 0.29) is 22.7 Å². The smallest absolute Gasteiger partial charge is 0.335 e. The Hall–Kier alpha value is -2.35. The molecule has 0 aliphatic carbocycles. The maximum Gasteiger partial charge on any atom is 0.335 e. The Kier molecular flexibility index (Phi) is 4.33. The lowest BCUT2D eigenvalue weighted by atomic mass is 10.1. The lowest BCUT2D eigenvalue weighted by Gasteiger charge is -2.28. The molecule has 7 nitrogen and oxygen atoms in total. The van der Waals surface area contributed by atoms with Gasteiger partial charge in [0, 0.05) is 5.25 Å². The van der Waals surface area contributed by atoms with E-state index in [1.807, 2.05) is 6.07 Å². The minimum absolute atomic E-state index is 0.0922. The van der Waals surface area contributed by atoms with Gasteiger partial charge in [0.15, 0.2) is 0 Å². The first kappa shape index (κ1) is 15.5. The molecule has 1 aromatic rings. The molecular weight excluding hydrogens is 316 g/mol. The van der Waals surface area contributed by atoms with Crippen molar-refractivity contribution in [3.8, 4) is 0 Å². The Labute approximate surface area is 137 Å². The number of amides is 1. The van der Waals surface area contributed by atoms with Crippen LogP contribution in [0.3, 0.4) is 0 Å². The lowest BCUT2D eigenvalue weighted by Crippen LogP contribution is -2.51. The van der Waals surface area contributed by atoms with Gasteiger partial charge in [-0.25, -0.2) is 4.79 Å². The van der Waals surface area contributed by atoms with Gasteiger partial charge in [0.2, 0.25) is 11.9 Å². The number of hydrogen-bond acceptors (Lipinski definition) is 6. The van der Waals surface area contributed by atoms with E-state index in [4.69, 9.17) is 10.8 Å². The van der Waals surface area contributed by atoms with Crippen LogP contribution in [0.25, 0.3) is 0 Å². The Morgan fingerprint density at radius 2 is 2.30 bits per heavy atom. The van der Waals surface area contributed by atoms with Gasteiger partial charge < -0.3 is 10.8 Å². The fraction of sp³-hybridized carbons (Fsp3) is 0.333. The van der Waals surface area contributed by atoms with Gasteiger partial charge in [-0.3, -0.25) is 15.1 Å². The summed E-state index contributed by atoms with van der Waals surface area (Å²) < 4.78 is 0. The molecule has 3 rings (SSSR count). The number of guanidine groups is 1. The molecule has 0 fully saturated rings. The lowest BCUT2D eigenvalue weighted by molar-refractivity contribution is -0.118. The van der Waals surface area contributed by atoms with Crippen LogP contribution in [0.1, 0.15) is 22.3 Å². The Morgan fingerprint density at radius 3 is 3.09 bits per heavy atom. The highest BCUT2D eigenvalue weighted by atomic mass is 32.2. The quantitative estimate of drug-likeness (QED) is 0.748.